The van der Waals surface area contributed by atoms with Crippen molar-refractivity contribution in [2.75, 3.05) is 12.9 Å². The van der Waals surface area contributed by atoms with Crippen LogP contribution < -0.4 is 16.0 Å². The highest BCUT2D eigenvalue weighted by atomic mass is 32.2. The van der Waals surface area contributed by atoms with Gasteiger partial charge in [-0.25, -0.2) is 9.78 Å². The number of imidazole rings is 1. The van der Waals surface area contributed by atoms with Crippen molar-refractivity contribution in [2.24, 2.45) is 14.1 Å². The molecule has 0 fully saturated rings. The van der Waals surface area contributed by atoms with Crippen LogP contribution in [0.25, 0.3) is 11.2 Å². The van der Waals surface area contributed by atoms with E-state index in [2.05, 4.69) is 4.98 Å². The Morgan fingerprint density at radius 2 is 1.93 bits per heavy atom. The first-order valence-corrected chi connectivity index (χ1v) is 9.72. The molecule has 0 atom stereocenters. The van der Waals surface area contributed by atoms with E-state index in [1.165, 1.54) is 23.4 Å². The molecule has 0 amide bonds. The van der Waals surface area contributed by atoms with Gasteiger partial charge in [-0.05, 0) is 26.0 Å². The van der Waals surface area contributed by atoms with Gasteiger partial charge in [0.2, 0.25) is 0 Å². The smallest absolute Gasteiger partial charge is 0.332 e. The molecule has 0 bridgehead atoms. The number of hydrogen-bond acceptors (Lipinski definition) is 6. The van der Waals surface area contributed by atoms with Crippen LogP contribution in [0.2, 0.25) is 0 Å². The fourth-order valence-corrected chi connectivity index (χ4v) is 4.00. The van der Waals surface area contributed by atoms with E-state index in [9.17, 15) is 14.4 Å². The first-order valence-electron chi connectivity index (χ1n) is 8.74. The first-order chi connectivity index (χ1) is 13.3. The van der Waals surface area contributed by atoms with Gasteiger partial charge in [0.25, 0.3) is 5.56 Å². The average molecular weight is 402 g/mol. The third-order valence-corrected chi connectivity index (χ3v) is 5.45. The second-order valence-electron chi connectivity index (χ2n) is 6.68. The molecule has 0 radical (unpaired) electrons. The summed E-state index contributed by atoms with van der Waals surface area (Å²) < 4.78 is 9.36. The number of methoxy groups -OCH3 is 1. The van der Waals surface area contributed by atoms with E-state index in [0.29, 0.717) is 27.6 Å². The Labute approximate surface area is 165 Å². The molecule has 0 aliphatic carbocycles. The van der Waals surface area contributed by atoms with E-state index in [-0.39, 0.29) is 17.6 Å². The largest absolute Gasteiger partial charge is 0.497 e. The van der Waals surface area contributed by atoms with Gasteiger partial charge in [0.1, 0.15) is 5.75 Å². The quantitative estimate of drug-likeness (QED) is 0.463. The van der Waals surface area contributed by atoms with Crippen LogP contribution >= 0.6 is 11.8 Å². The Kier molecular flexibility index (Phi) is 5.46. The van der Waals surface area contributed by atoms with Crippen LogP contribution in [0, 0.1) is 0 Å². The van der Waals surface area contributed by atoms with E-state index in [4.69, 9.17) is 4.74 Å². The van der Waals surface area contributed by atoms with Gasteiger partial charge in [0, 0.05) is 25.7 Å². The highest BCUT2D eigenvalue weighted by Gasteiger charge is 2.21. The van der Waals surface area contributed by atoms with Gasteiger partial charge < -0.3 is 9.30 Å². The Balaban J connectivity index is 2.01. The van der Waals surface area contributed by atoms with Crippen LogP contribution in [-0.4, -0.2) is 37.3 Å². The van der Waals surface area contributed by atoms with Gasteiger partial charge >= 0.3 is 5.69 Å². The predicted octanol–water partition coefficient (Wildman–Crippen LogP) is 2.00. The van der Waals surface area contributed by atoms with Crippen LogP contribution in [0.15, 0.2) is 39.0 Å². The minimum absolute atomic E-state index is 0.0652. The molecule has 0 N–H and O–H groups in total. The molecule has 0 aliphatic rings. The second-order valence-corrected chi connectivity index (χ2v) is 7.62. The Morgan fingerprint density at radius 1 is 1.21 bits per heavy atom. The summed E-state index contributed by atoms with van der Waals surface area (Å²) in [5, 5.41) is 0.527. The van der Waals surface area contributed by atoms with Crippen LogP contribution in [-0.2, 0) is 14.1 Å². The number of aryl methyl sites for hydroxylation is 1. The highest BCUT2D eigenvalue weighted by molar-refractivity contribution is 7.99. The fourth-order valence-electron chi connectivity index (χ4n) is 2.99. The molecule has 0 saturated carbocycles. The minimum atomic E-state index is -0.435. The fraction of sp³-hybridized carbons (Fsp3) is 0.368. The van der Waals surface area contributed by atoms with Gasteiger partial charge in [-0.1, -0.05) is 23.9 Å². The Morgan fingerprint density at radius 3 is 2.57 bits per heavy atom. The van der Waals surface area contributed by atoms with E-state index in [1.54, 1.807) is 43.0 Å². The van der Waals surface area contributed by atoms with Crippen LogP contribution in [0.1, 0.15) is 30.2 Å². The van der Waals surface area contributed by atoms with Gasteiger partial charge in [0.05, 0.1) is 12.9 Å². The lowest BCUT2D eigenvalue weighted by molar-refractivity contribution is 0.102. The summed E-state index contributed by atoms with van der Waals surface area (Å²) in [6.07, 6.45) is 0. The first kappa shape index (κ1) is 19.9. The molecule has 1 aromatic carbocycles. The topological polar surface area (TPSA) is 88.1 Å². The van der Waals surface area contributed by atoms with Crippen molar-refractivity contribution < 1.29 is 9.53 Å². The number of Topliss-reactive ketones (excluding diaryl/α,β-unsaturated/α-hetero) is 1. The van der Waals surface area contributed by atoms with E-state index in [1.807, 2.05) is 13.8 Å². The summed E-state index contributed by atoms with van der Waals surface area (Å²) in [5.41, 5.74) is 0.386. The van der Waals surface area contributed by atoms with Crippen LogP contribution in [0.5, 0.6) is 5.75 Å². The normalized spacial score (nSPS) is 11.4. The lowest BCUT2D eigenvalue weighted by Gasteiger charge is -2.12. The van der Waals surface area contributed by atoms with E-state index in [0.717, 1.165) is 4.57 Å². The van der Waals surface area contributed by atoms with Crippen molar-refractivity contribution in [1.82, 2.24) is 18.7 Å². The molecule has 0 saturated heterocycles. The second kappa shape index (κ2) is 7.67. The number of ether oxygens (including phenoxy) is 1. The maximum absolute atomic E-state index is 12.7. The van der Waals surface area contributed by atoms with Gasteiger partial charge in [-0.3, -0.25) is 18.7 Å². The monoisotopic (exact) mass is 402 g/mol. The molecule has 2 aromatic heterocycles. The molecule has 3 aromatic rings. The van der Waals surface area contributed by atoms with E-state index < -0.39 is 11.2 Å². The van der Waals surface area contributed by atoms with Crippen molar-refractivity contribution >= 4 is 28.7 Å². The molecule has 2 heterocycles. The molecule has 0 spiro atoms. The number of ketones is 1. The zero-order valence-corrected chi connectivity index (χ0v) is 17.2. The van der Waals surface area contributed by atoms with E-state index >= 15 is 0 Å². The number of rotatable bonds is 6. The van der Waals surface area contributed by atoms with Gasteiger partial charge in [0.15, 0.2) is 22.1 Å². The standard InChI is InChI=1S/C19H22N4O4S/c1-11(2)23-15-16(21(3)19(26)22(4)17(15)25)20-18(23)28-10-14(24)12-7-6-8-13(9-12)27-5/h6-9,11H,10H2,1-5H3. The number of benzene rings is 1. The summed E-state index contributed by atoms with van der Waals surface area (Å²) in [5.74, 6) is 0.689. The van der Waals surface area contributed by atoms with Crippen LogP contribution in [0.3, 0.4) is 0 Å². The SMILES string of the molecule is COc1cccc(C(=O)CSc2nc3c(c(=O)n(C)c(=O)n3C)n2C(C)C)c1. The molecular formula is C19H22N4O4S. The van der Waals surface area contributed by atoms with Crippen LogP contribution in [0.4, 0.5) is 0 Å². The molecule has 8 nitrogen and oxygen atoms in total. The van der Waals surface area contributed by atoms with Crippen molar-refractivity contribution in [3.05, 3.63) is 50.7 Å². The predicted molar refractivity (Wildman–Crippen MR) is 109 cm³/mol. The molecule has 28 heavy (non-hydrogen) atoms. The van der Waals surface area contributed by atoms with Crippen molar-refractivity contribution in [2.45, 2.75) is 25.0 Å². The molecule has 9 heteroatoms. The third-order valence-electron chi connectivity index (χ3n) is 4.50. The van der Waals surface area contributed by atoms with Crippen molar-refractivity contribution in [3.63, 3.8) is 0 Å². The highest BCUT2D eigenvalue weighted by Crippen LogP contribution is 2.26. The molecule has 148 valence electrons. The third kappa shape index (κ3) is 3.37. The maximum Gasteiger partial charge on any atom is 0.332 e. The molecule has 0 aliphatic heterocycles. The number of carbonyl (C=O) groups excluding carboxylic acids is 1. The van der Waals surface area contributed by atoms with Crippen molar-refractivity contribution in [1.29, 1.82) is 0 Å². The lowest BCUT2D eigenvalue weighted by atomic mass is 10.1. The Bertz CT molecular complexity index is 1170. The summed E-state index contributed by atoms with van der Waals surface area (Å²) in [6, 6.07) is 6.90. The maximum atomic E-state index is 12.7. The molecule has 0 unspecified atom stereocenters. The zero-order valence-electron chi connectivity index (χ0n) is 16.4. The summed E-state index contributed by atoms with van der Waals surface area (Å²) in [7, 11) is 4.58. The van der Waals surface area contributed by atoms with Crippen molar-refractivity contribution in [3.8, 4) is 5.75 Å². The Hall–Kier alpha value is -2.81. The zero-order chi connectivity index (χ0) is 20.6. The summed E-state index contributed by atoms with van der Waals surface area (Å²) in [6.45, 7) is 3.86. The lowest BCUT2D eigenvalue weighted by Crippen LogP contribution is -2.37. The summed E-state index contributed by atoms with van der Waals surface area (Å²) in [4.78, 5) is 42.0. The summed E-state index contributed by atoms with van der Waals surface area (Å²) >= 11 is 1.24. The molecule has 3 rings (SSSR count). The minimum Gasteiger partial charge on any atom is -0.497 e. The number of fused-ring (bicyclic) bond motifs is 1. The average Bonchev–Trinajstić information content (AvgIpc) is 3.08. The number of carbonyl (C=O) groups is 1. The molecular weight excluding hydrogens is 380 g/mol. The van der Waals surface area contributed by atoms with Gasteiger partial charge in [-0.15, -0.1) is 0 Å². The van der Waals surface area contributed by atoms with Gasteiger partial charge in [-0.2, -0.15) is 0 Å². The number of hydrogen-bond donors (Lipinski definition) is 0. The number of aromatic nitrogens is 4. The number of thioether (sulfide) groups is 1. The number of nitrogens with zero attached hydrogens (tertiary/aromatic N) is 4.